The highest BCUT2D eigenvalue weighted by atomic mass is 16.5. The number of fused-ring (bicyclic) bond motifs is 1. The molecule has 6 nitrogen and oxygen atoms in total. The van der Waals surface area contributed by atoms with Gasteiger partial charge in [0, 0.05) is 23.5 Å². The molecule has 0 fully saturated rings. The molecule has 0 aliphatic carbocycles. The Kier molecular flexibility index (Phi) is 6.10. The number of nitrogens with one attached hydrogen (secondary N) is 2. The molecule has 0 radical (unpaired) electrons. The van der Waals surface area contributed by atoms with Gasteiger partial charge in [-0.25, -0.2) is 0 Å². The predicted molar refractivity (Wildman–Crippen MR) is 104 cm³/mol. The van der Waals surface area contributed by atoms with Crippen LogP contribution in [0.15, 0.2) is 54.7 Å². The largest absolute Gasteiger partial charge is 0.492 e. The molecule has 3 aromatic rings. The molecule has 0 spiro atoms. The fraction of sp³-hybridized carbons (Fsp3) is 0.238. The minimum Gasteiger partial charge on any atom is -0.492 e. The highest BCUT2D eigenvalue weighted by Crippen LogP contribution is 2.23. The number of aromatic amines is 1. The van der Waals surface area contributed by atoms with E-state index < -0.39 is 11.9 Å². The van der Waals surface area contributed by atoms with E-state index in [1.165, 1.54) is 0 Å². The molecule has 0 bridgehead atoms. The number of benzene rings is 2. The Labute approximate surface area is 157 Å². The van der Waals surface area contributed by atoms with Gasteiger partial charge in [0.1, 0.15) is 5.75 Å². The number of carbonyl (C=O) groups is 2. The van der Waals surface area contributed by atoms with Crippen LogP contribution in [0, 0.1) is 0 Å². The predicted octanol–water partition coefficient (Wildman–Crippen LogP) is 3.68. The molecule has 2 aromatic carbocycles. The summed E-state index contributed by atoms with van der Waals surface area (Å²) in [6.07, 6.45) is 2.66. The summed E-state index contributed by atoms with van der Waals surface area (Å²) in [6, 6.07) is 15.0. The topological polar surface area (TPSA) is 80.4 Å². The molecule has 0 saturated carbocycles. The van der Waals surface area contributed by atoms with Crippen molar-refractivity contribution < 1.29 is 19.1 Å². The first-order chi connectivity index (χ1) is 13.2. The number of esters is 1. The number of hydrogen-bond acceptors (Lipinski definition) is 4. The molecule has 140 valence electrons. The zero-order chi connectivity index (χ0) is 19.1. The third-order valence-electron chi connectivity index (χ3n) is 4.10. The van der Waals surface area contributed by atoms with Crippen LogP contribution in [-0.2, 0) is 20.7 Å². The Bertz CT molecular complexity index is 933. The molecule has 27 heavy (non-hydrogen) atoms. The van der Waals surface area contributed by atoms with E-state index in [-0.39, 0.29) is 13.0 Å². The number of carbonyl (C=O) groups excluding carboxylic acids is 2. The molecule has 2 N–H and O–H groups in total. The first kappa shape index (κ1) is 18.5. The lowest BCUT2D eigenvalue weighted by Gasteiger charge is -2.11. The van der Waals surface area contributed by atoms with E-state index in [1.54, 1.807) is 18.2 Å². The second-order valence-corrected chi connectivity index (χ2v) is 6.00. The maximum Gasteiger partial charge on any atom is 0.306 e. The Morgan fingerprint density at radius 3 is 2.70 bits per heavy atom. The second kappa shape index (κ2) is 8.89. The third kappa shape index (κ3) is 4.88. The number of ether oxygens (including phenoxy) is 2. The number of H-pyrrole nitrogens is 1. The Hall–Kier alpha value is -3.28. The minimum absolute atomic E-state index is 0.213. The van der Waals surface area contributed by atoms with Crippen molar-refractivity contribution in [2.24, 2.45) is 0 Å². The van der Waals surface area contributed by atoms with Gasteiger partial charge in [-0.3, -0.25) is 9.59 Å². The van der Waals surface area contributed by atoms with Crippen LogP contribution >= 0.6 is 0 Å². The molecule has 0 atom stereocenters. The molecule has 1 amide bonds. The number of aromatic nitrogens is 1. The normalized spacial score (nSPS) is 10.6. The van der Waals surface area contributed by atoms with Crippen molar-refractivity contribution in [3.63, 3.8) is 0 Å². The average molecular weight is 366 g/mol. The summed E-state index contributed by atoms with van der Waals surface area (Å²) in [5.74, 6) is -0.227. The zero-order valence-electron chi connectivity index (χ0n) is 15.2. The maximum absolute atomic E-state index is 12.0. The van der Waals surface area contributed by atoms with Gasteiger partial charge in [0.25, 0.3) is 5.91 Å². The zero-order valence-corrected chi connectivity index (χ0v) is 15.2. The lowest BCUT2D eigenvalue weighted by Crippen LogP contribution is -2.21. The molecule has 0 saturated heterocycles. The van der Waals surface area contributed by atoms with Crippen LogP contribution in [0.3, 0.4) is 0 Å². The van der Waals surface area contributed by atoms with Crippen molar-refractivity contribution in [2.75, 3.05) is 18.5 Å². The number of aryl methyl sites for hydroxylation is 1. The van der Waals surface area contributed by atoms with Crippen LogP contribution in [0.5, 0.6) is 5.75 Å². The van der Waals surface area contributed by atoms with Gasteiger partial charge in [-0.1, -0.05) is 30.3 Å². The van der Waals surface area contributed by atoms with Crippen LogP contribution in [-0.4, -0.2) is 30.1 Å². The van der Waals surface area contributed by atoms with Crippen LogP contribution < -0.4 is 10.1 Å². The lowest BCUT2D eigenvalue weighted by molar-refractivity contribution is -0.147. The molecule has 0 aliphatic heterocycles. The highest BCUT2D eigenvalue weighted by Gasteiger charge is 2.12. The van der Waals surface area contributed by atoms with E-state index in [2.05, 4.69) is 10.3 Å². The van der Waals surface area contributed by atoms with Crippen LogP contribution in [0.4, 0.5) is 5.69 Å². The molecule has 6 heteroatoms. The summed E-state index contributed by atoms with van der Waals surface area (Å²) in [4.78, 5) is 27.2. The van der Waals surface area contributed by atoms with Crippen LogP contribution in [0.2, 0.25) is 0 Å². The van der Waals surface area contributed by atoms with Crippen molar-refractivity contribution in [2.45, 2.75) is 19.8 Å². The van der Waals surface area contributed by atoms with Gasteiger partial charge in [-0.15, -0.1) is 0 Å². The van der Waals surface area contributed by atoms with Crippen LogP contribution in [0.1, 0.15) is 18.9 Å². The fourth-order valence-corrected chi connectivity index (χ4v) is 2.83. The summed E-state index contributed by atoms with van der Waals surface area (Å²) < 4.78 is 10.5. The number of rotatable bonds is 8. The standard InChI is InChI=1S/C21H22N2O4/c1-2-26-19-10-6-5-9-18(19)23-20(24)14-27-21(25)12-11-15-13-22-17-8-4-3-7-16(15)17/h3-10,13,22H,2,11-12,14H2,1H3,(H,23,24). The van der Waals surface area contributed by atoms with Crippen molar-refractivity contribution in [3.05, 3.63) is 60.3 Å². The van der Waals surface area contributed by atoms with E-state index in [4.69, 9.17) is 9.47 Å². The SMILES string of the molecule is CCOc1ccccc1NC(=O)COC(=O)CCc1c[nH]c2ccccc12. The van der Waals surface area contributed by atoms with E-state index >= 15 is 0 Å². The maximum atomic E-state index is 12.0. The smallest absolute Gasteiger partial charge is 0.306 e. The molecule has 1 heterocycles. The first-order valence-electron chi connectivity index (χ1n) is 8.89. The molecular formula is C21H22N2O4. The monoisotopic (exact) mass is 366 g/mol. The Morgan fingerprint density at radius 2 is 1.85 bits per heavy atom. The molecule has 1 aromatic heterocycles. The summed E-state index contributed by atoms with van der Waals surface area (Å²) in [5, 5.41) is 3.79. The van der Waals surface area contributed by atoms with E-state index in [0.29, 0.717) is 24.5 Å². The number of hydrogen-bond donors (Lipinski definition) is 2. The van der Waals surface area contributed by atoms with Crippen molar-refractivity contribution in [1.82, 2.24) is 4.98 Å². The fourth-order valence-electron chi connectivity index (χ4n) is 2.83. The molecule has 3 rings (SSSR count). The van der Waals surface area contributed by atoms with Crippen LogP contribution in [0.25, 0.3) is 10.9 Å². The average Bonchev–Trinajstić information content (AvgIpc) is 3.10. The van der Waals surface area contributed by atoms with E-state index in [1.807, 2.05) is 43.5 Å². The van der Waals surface area contributed by atoms with Gasteiger partial charge in [-0.2, -0.15) is 0 Å². The molecular weight excluding hydrogens is 344 g/mol. The summed E-state index contributed by atoms with van der Waals surface area (Å²) >= 11 is 0. The van der Waals surface area contributed by atoms with Crippen molar-refractivity contribution in [1.29, 1.82) is 0 Å². The molecule has 0 aliphatic rings. The van der Waals surface area contributed by atoms with Gasteiger partial charge in [-0.05, 0) is 37.1 Å². The van der Waals surface area contributed by atoms with E-state index in [9.17, 15) is 9.59 Å². The number of amides is 1. The number of para-hydroxylation sites is 3. The first-order valence-corrected chi connectivity index (χ1v) is 8.89. The van der Waals surface area contributed by atoms with Gasteiger partial charge in [0.15, 0.2) is 6.61 Å². The highest BCUT2D eigenvalue weighted by molar-refractivity contribution is 5.94. The quantitative estimate of drug-likeness (QED) is 0.596. The minimum atomic E-state index is -0.409. The summed E-state index contributed by atoms with van der Waals surface area (Å²) in [5.41, 5.74) is 2.64. The lowest BCUT2D eigenvalue weighted by atomic mass is 10.1. The summed E-state index contributed by atoms with van der Waals surface area (Å²) in [6.45, 7) is 2.04. The van der Waals surface area contributed by atoms with E-state index in [0.717, 1.165) is 16.5 Å². The Morgan fingerprint density at radius 1 is 1.07 bits per heavy atom. The van der Waals surface area contributed by atoms with Crippen molar-refractivity contribution >= 4 is 28.5 Å². The van der Waals surface area contributed by atoms with Gasteiger partial charge in [0.2, 0.25) is 0 Å². The van der Waals surface area contributed by atoms with Gasteiger partial charge < -0.3 is 19.8 Å². The Balaban J connectivity index is 1.47. The molecule has 0 unspecified atom stereocenters. The van der Waals surface area contributed by atoms with Gasteiger partial charge in [0.05, 0.1) is 12.3 Å². The third-order valence-corrected chi connectivity index (χ3v) is 4.10. The van der Waals surface area contributed by atoms with Gasteiger partial charge >= 0.3 is 5.97 Å². The number of anilines is 1. The van der Waals surface area contributed by atoms with Crippen molar-refractivity contribution in [3.8, 4) is 5.75 Å². The summed E-state index contributed by atoms with van der Waals surface area (Å²) in [7, 11) is 0. The second-order valence-electron chi connectivity index (χ2n) is 6.00.